The van der Waals surface area contributed by atoms with Gasteiger partial charge in [0, 0.05) is 13.1 Å². The Morgan fingerprint density at radius 1 is 1.35 bits per heavy atom. The lowest BCUT2D eigenvalue weighted by atomic mass is 10.2. The van der Waals surface area contributed by atoms with E-state index in [1.807, 2.05) is 6.07 Å². The van der Waals surface area contributed by atoms with Crippen molar-refractivity contribution in [2.24, 2.45) is 0 Å². The molecule has 0 unspecified atom stereocenters. The van der Waals surface area contributed by atoms with Gasteiger partial charge in [-0.1, -0.05) is 6.42 Å². The number of rotatable bonds is 2. The van der Waals surface area contributed by atoms with Crippen LogP contribution in [0.3, 0.4) is 0 Å². The highest BCUT2D eigenvalue weighted by Crippen LogP contribution is 2.28. The Morgan fingerprint density at radius 2 is 2.00 bits per heavy atom. The molecule has 0 aromatic carbocycles. The van der Waals surface area contributed by atoms with Gasteiger partial charge in [-0.15, -0.1) is 11.3 Å². The standard InChI is InChI=1S/C10H13N3O2S2/c1-8-12-9(7-11)10(16-8)17(14,15)13-5-3-2-4-6-13/h2-6H2,1H3. The van der Waals surface area contributed by atoms with E-state index in [2.05, 4.69) is 4.98 Å². The minimum absolute atomic E-state index is 0.0260. The second-order valence-electron chi connectivity index (χ2n) is 3.95. The summed E-state index contributed by atoms with van der Waals surface area (Å²) in [5.41, 5.74) is 0.0260. The van der Waals surface area contributed by atoms with E-state index < -0.39 is 10.0 Å². The van der Waals surface area contributed by atoms with E-state index >= 15 is 0 Å². The monoisotopic (exact) mass is 271 g/mol. The highest BCUT2D eigenvalue weighted by atomic mass is 32.2. The fourth-order valence-electron chi connectivity index (χ4n) is 1.88. The highest BCUT2D eigenvalue weighted by Gasteiger charge is 2.30. The molecule has 1 aromatic rings. The Kier molecular flexibility index (Phi) is 3.47. The number of piperidine rings is 1. The summed E-state index contributed by atoms with van der Waals surface area (Å²) < 4.78 is 26.2. The van der Waals surface area contributed by atoms with Gasteiger partial charge < -0.3 is 0 Å². The SMILES string of the molecule is Cc1nc(C#N)c(S(=O)(=O)N2CCCCC2)s1. The normalized spacial score (nSPS) is 17.9. The molecule has 92 valence electrons. The molecule has 1 saturated heterocycles. The molecule has 2 rings (SSSR count). The predicted octanol–water partition coefficient (Wildman–Crippen LogP) is 1.50. The van der Waals surface area contributed by atoms with Crippen molar-refractivity contribution in [3.63, 3.8) is 0 Å². The van der Waals surface area contributed by atoms with Gasteiger partial charge in [-0.2, -0.15) is 9.57 Å². The Hall–Kier alpha value is -0.970. The molecule has 1 fully saturated rings. The number of nitrogens with zero attached hydrogens (tertiary/aromatic N) is 3. The molecule has 1 aliphatic heterocycles. The summed E-state index contributed by atoms with van der Waals surface area (Å²) in [6, 6.07) is 1.86. The van der Waals surface area contributed by atoms with Gasteiger partial charge in [0.1, 0.15) is 6.07 Å². The number of thiazole rings is 1. The summed E-state index contributed by atoms with van der Waals surface area (Å²) in [6.07, 6.45) is 2.84. The van der Waals surface area contributed by atoms with Gasteiger partial charge in [0.05, 0.1) is 5.01 Å². The third-order valence-corrected chi connectivity index (χ3v) is 6.05. The largest absolute Gasteiger partial charge is 0.255 e. The Morgan fingerprint density at radius 3 is 2.59 bits per heavy atom. The van der Waals surface area contributed by atoms with Crippen molar-refractivity contribution in [1.82, 2.24) is 9.29 Å². The van der Waals surface area contributed by atoms with Gasteiger partial charge in [0.15, 0.2) is 9.90 Å². The second-order valence-corrected chi connectivity index (χ2v) is 7.28. The van der Waals surface area contributed by atoms with E-state index in [1.54, 1.807) is 6.92 Å². The van der Waals surface area contributed by atoms with Crippen molar-refractivity contribution in [2.75, 3.05) is 13.1 Å². The summed E-state index contributed by atoms with van der Waals surface area (Å²) in [5.74, 6) is 0. The van der Waals surface area contributed by atoms with E-state index in [4.69, 9.17) is 5.26 Å². The maximum atomic E-state index is 12.3. The summed E-state index contributed by atoms with van der Waals surface area (Å²) in [4.78, 5) is 3.94. The van der Waals surface area contributed by atoms with Crippen molar-refractivity contribution in [3.05, 3.63) is 10.7 Å². The molecule has 0 aliphatic carbocycles. The number of hydrogen-bond acceptors (Lipinski definition) is 5. The van der Waals surface area contributed by atoms with Crippen LogP contribution in [0.25, 0.3) is 0 Å². The molecule has 0 saturated carbocycles. The van der Waals surface area contributed by atoms with E-state index in [1.165, 1.54) is 4.31 Å². The number of nitriles is 1. The zero-order valence-corrected chi connectivity index (χ0v) is 11.1. The van der Waals surface area contributed by atoms with Crippen LogP contribution in [0.2, 0.25) is 0 Å². The van der Waals surface area contributed by atoms with Crippen molar-refractivity contribution >= 4 is 21.4 Å². The smallest absolute Gasteiger partial charge is 0.229 e. The molecule has 1 aliphatic rings. The van der Waals surface area contributed by atoms with Gasteiger partial charge in [-0.25, -0.2) is 13.4 Å². The zero-order chi connectivity index (χ0) is 12.5. The lowest BCUT2D eigenvalue weighted by Gasteiger charge is -2.25. The predicted molar refractivity (Wildman–Crippen MR) is 64.2 cm³/mol. The van der Waals surface area contributed by atoms with Crippen LogP contribution in [0.1, 0.15) is 30.0 Å². The summed E-state index contributed by atoms with van der Waals surface area (Å²) >= 11 is 1.08. The molecular weight excluding hydrogens is 258 g/mol. The van der Waals surface area contributed by atoms with Crippen LogP contribution in [-0.2, 0) is 10.0 Å². The molecule has 0 bridgehead atoms. The van der Waals surface area contributed by atoms with Crippen molar-refractivity contribution < 1.29 is 8.42 Å². The Bertz CT molecular complexity index is 551. The zero-order valence-electron chi connectivity index (χ0n) is 9.51. The van der Waals surface area contributed by atoms with Crippen LogP contribution in [-0.4, -0.2) is 30.8 Å². The molecule has 0 radical (unpaired) electrons. The third kappa shape index (κ3) is 2.34. The molecule has 5 nitrogen and oxygen atoms in total. The fourth-order valence-corrected chi connectivity index (χ4v) is 4.88. The maximum absolute atomic E-state index is 12.3. The first-order chi connectivity index (χ1) is 8.05. The third-order valence-electron chi connectivity index (χ3n) is 2.70. The van der Waals surface area contributed by atoms with Gasteiger partial charge in [0.2, 0.25) is 0 Å². The average molecular weight is 271 g/mol. The van der Waals surface area contributed by atoms with E-state index in [-0.39, 0.29) is 9.90 Å². The molecular formula is C10H13N3O2S2. The minimum atomic E-state index is -3.52. The number of hydrogen-bond donors (Lipinski definition) is 0. The topological polar surface area (TPSA) is 74.1 Å². The second kappa shape index (κ2) is 4.72. The first-order valence-corrected chi connectivity index (χ1v) is 7.69. The molecule has 17 heavy (non-hydrogen) atoms. The Balaban J connectivity index is 2.40. The van der Waals surface area contributed by atoms with E-state index in [0.29, 0.717) is 18.1 Å². The van der Waals surface area contributed by atoms with Crippen LogP contribution in [0.15, 0.2) is 4.21 Å². The van der Waals surface area contributed by atoms with Crippen LogP contribution in [0.4, 0.5) is 0 Å². The number of aromatic nitrogens is 1. The lowest BCUT2D eigenvalue weighted by Crippen LogP contribution is -2.35. The highest BCUT2D eigenvalue weighted by molar-refractivity contribution is 7.91. The van der Waals surface area contributed by atoms with Crippen LogP contribution in [0, 0.1) is 18.3 Å². The first-order valence-electron chi connectivity index (χ1n) is 5.43. The molecule has 1 aromatic heterocycles. The molecule has 0 atom stereocenters. The average Bonchev–Trinajstić information content (AvgIpc) is 2.72. The van der Waals surface area contributed by atoms with Crippen molar-refractivity contribution in [2.45, 2.75) is 30.4 Å². The molecule has 7 heteroatoms. The van der Waals surface area contributed by atoms with Crippen LogP contribution >= 0.6 is 11.3 Å². The minimum Gasteiger partial charge on any atom is -0.229 e. The fraction of sp³-hybridized carbons (Fsp3) is 0.600. The van der Waals surface area contributed by atoms with Gasteiger partial charge >= 0.3 is 0 Å². The lowest BCUT2D eigenvalue weighted by molar-refractivity contribution is 0.347. The van der Waals surface area contributed by atoms with Crippen LogP contribution in [0.5, 0.6) is 0 Å². The summed E-state index contributed by atoms with van der Waals surface area (Å²) in [6.45, 7) is 2.80. The summed E-state index contributed by atoms with van der Waals surface area (Å²) in [5, 5.41) is 9.51. The van der Waals surface area contributed by atoms with E-state index in [0.717, 1.165) is 30.6 Å². The number of aryl methyl sites for hydroxylation is 1. The molecule has 0 amide bonds. The van der Waals surface area contributed by atoms with E-state index in [9.17, 15) is 8.42 Å². The van der Waals surface area contributed by atoms with Gasteiger partial charge in [-0.05, 0) is 19.8 Å². The van der Waals surface area contributed by atoms with Crippen LogP contribution < -0.4 is 0 Å². The molecule has 0 spiro atoms. The maximum Gasteiger partial charge on any atom is 0.255 e. The van der Waals surface area contributed by atoms with Gasteiger partial charge in [-0.3, -0.25) is 0 Å². The molecule has 2 heterocycles. The Labute approximate surface area is 105 Å². The van der Waals surface area contributed by atoms with Crippen molar-refractivity contribution in [1.29, 1.82) is 5.26 Å². The molecule has 0 N–H and O–H groups in total. The first kappa shape index (κ1) is 12.5. The quantitative estimate of drug-likeness (QED) is 0.817. The number of sulfonamides is 1. The van der Waals surface area contributed by atoms with Crippen molar-refractivity contribution in [3.8, 4) is 6.07 Å². The summed E-state index contributed by atoms with van der Waals surface area (Å²) in [7, 11) is -3.52. The van der Waals surface area contributed by atoms with Gasteiger partial charge in [0.25, 0.3) is 10.0 Å².